The third kappa shape index (κ3) is 3.20. The summed E-state index contributed by atoms with van der Waals surface area (Å²) < 4.78 is 13.3. The first-order valence-corrected chi connectivity index (χ1v) is 8.01. The Morgan fingerprint density at radius 1 is 1.35 bits per heavy atom. The van der Waals surface area contributed by atoms with Crippen LogP contribution in [0.4, 0.5) is 5.82 Å². The van der Waals surface area contributed by atoms with Gasteiger partial charge in [0.1, 0.15) is 17.9 Å². The fourth-order valence-electron chi connectivity index (χ4n) is 2.68. The fraction of sp³-hybridized carbons (Fsp3) is 0.562. The monoisotopic (exact) mass is 315 g/mol. The highest BCUT2D eigenvalue weighted by atomic mass is 16.7. The van der Waals surface area contributed by atoms with E-state index in [0.717, 1.165) is 17.0 Å². The van der Waals surface area contributed by atoms with E-state index in [1.165, 1.54) is 12.8 Å². The molecule has 4 rings (SSSR count). The van der Waals surface area contributed by atoms with Gasteiger partial charge in [0.25, 0.3) is 0 Å². The second kappa shape index (κ2) is 5.58. The summed E-state index contributed by atoms with van der Waals surface area (Å²) >= 11 is 0. The van der Waals surface area contributed by atoms with E-state index >= 15 is 0 Å². The van der Waals surface area contributed by atoms with Gasteiger partial charge in [-0.15, -0.1) is 0 Å². The lowest BCUT2D eigenvalue weighted by atomic mass is 10.3. The average molecular weight is 315 g/mol. The normalized spacial score (nSPS) is 23.8. The molecule has 1 atom stereocenters. The van der Waals surface area contributed by atoms with Gasteiger partial charge in [0.05, 0.1) is 12.9 Å². The first kappa shape index (κ1) is 14.6. The van der Waals surface area contributed by atoms with Crippen LogP contribution >= 0.6 is 0 Å². The molecular formula is C16H21N5O2. The van der Waals surface area contributed by atoms with Crippen molar-refractivity contribution >= 4 is 17.0 Å². The van der Waals surface area contributed by atoms with Crippen LogP contribution < -0.4 is 5.32 Å². The molecule has 7 nitrogen and oxygen atoms in total. The summed E-state index contributed by atoms with van der Waals surface area (Å²) in [6.45, 7) is 5.13. The maximum Gasteiger partial charge on any atom is 0.165 e. The lowest BCUT2D eigenvalue weighted by molar-refractivity contribution is -0.133. The molecule has 1 saturated carbocycles. The summed E-state index contributed by atoms with van der Waals surface area (Å²) in [5, 5.41) is 3.40. The van der Waals surface area contributed by atoms with E-state index in [9.17, 15) is 0 Å². The SMILES string of the molecule is CC1(C)OCC(/C=C/Cn2cnc3c(NC4CC4)ncnc32)O1. The van der Waals surface area contributed by atoms with Crippen molar-refractivity contribution in [3.8, 4) is 0 Å². The van der Waals surface area contributed by atoms with Gasteiger partial charge in [0, 0.05) is 12.6 Å². The highest BCUT2D eigenvalue weighted by Gasteiger charge is 2.30. The Kier molecular flexibility index (Phi) is 3.54. The number of aromatic nitrogens is 4. The zero-order valence-electron chi connectivity index (χ0n) is 13.4. The number of allylic oxidation sites excluding steroid dienone is 1. The Morgan fingerprint density at radius 2 is 2.22 bits per heavy atom. The summed E-state index contributed by atoms with van der Waals surface area (Å²) in [4.78, 5) is 13.1. The van der Waals surface area contributed by atoms with Crippen LogP contribution in [0.1, 0.15) is 26.7 Å². The van der Waals surface area contributed by atoms with Gasteiger partial charge < -0.3 is 19.4 Å². The molecule has 2 fully saturated rings. The molecule has 2 aliphatic rings. The molecule has 1 aliphatic heterocycles. The van der Waals surface area contributed by atoms with Crippen molar-refractivity contribution in [2.24, 2.45) is 0 Å². The Balaban J connectivity index is 1.47. The van der Waals surface area contributed by atoms with Crippen molar-refractivity contribution in [3.05, 3.63) is 24.8 Å². The van der Waals surface area contributed by atoms with Crippen LogP contribution in [-0.2, 0) is 16.0 Å². The number of hydrogen-bond acceptors (Lipinski definition) is 6. The Bertz CT molecular complexity index is 735. The number of anilines is 1. The van der Waals surface area contributed by atoms with Crippen molar-refractivity contribution in [2.45, 2.75) is 51.2 Å². The summed E-state index contributed by atoms with van der Waals surface area (Å²) in [5.74, 6) is 0.336. The molecule has 0 aromatic carbocycles. The van der Waals surface area contributed by atoms with Gasteiger partial charge in [-0.2, -0.15) is 0 Å². The predicted molar refractivity (Wildman–Crippen MR) is 86.0 cm³/mol. The lowest BCUT2D eigenvalue weighted by Crippen LogP contribution is -2.20. The molecule has 1 unspecified atom stereocenters. The number of hydrogen-bond donors (Lipinski definition) is 1. The number of imidazole rings is 1. The van der Waals surface area contributed by atoms with Crippen LogP contribution in [0.25, 0.3) is 11.2 Å². The molecule has 122 valence electrons. The Hall–Kier alpha value is -1.99. The summed E-state index contributed by atoms with van der Waals surface area (Å²) in [6, 6.07) is 0.543. The Labute approximate surface area is 134 Å². The molecule has 0 spiro atoms. The van der Waals surface area contributed by atoms with Crippen molar-refractivity contribution in [1.82, 2.24) is 19.5 Å². The van der Waals surface area contributed by atoms with E-state index in [4.69, 9.17) is 9.47 Å². The van der Waals surface area contributed by atoms with Gasteiger partial charge in [-0.3, -0.25) is 0 Å². The molecule has 0 radical (unpaired) electrons. The molecule has 2 aromatic rings. The van der Waals surface area contributed by atoms with E-state index in [0.29, 0.717) is 19.2 Å². The van der Waals surface area contributed by atoms with E-state index in [1.807, 2.05) is 24.5 Å². The fourth-order valence-corrected chi connectivity index (χ4v) is 2.68. The molecule has 1 aliphatic carbocycles. The second-order valence-electron chi connectivity index (χ2n) is 6.51. The highest BCUT2D eigenvalue weighted by Crippen LogP contribution is 2.27. The third-order valence-electron chi connectivity index (χ3n) is 4.00. The van der Waals surface area contributed by atoms with E-state index in [-0.39, 0.29) is 6.10 Å². The first-order valence-electron chi connectivity index (χ1n) is 8.01. The number of rotatable bonds is 5. The number of nitrogens with one attached hydrogen (secondary N) is 1. The minimum absolute atomic E-state index is 0.00139. The molecule has 0 bridgehead atoms. The molecule has 3 heterocycles. The topological polar surface area (TPSA) is 74.1 Å². The maximum absolute atomic E-state index is 5.76. The van der Waals surface area contributed by atoms with Crippen molar-refractivity contribution in [3.63, 3.8) is 0 Å². The standard InChI is InChI=1S/C16H21N5O2/c1-16(2)22-8-12(23-16)4-3-7-21-10-19-13-14(20-11-5-6-11)17-9-18-15(13)21/h3-4,9-12H,5-8H2,1-2H3,(H,17,18,20)/b4-3+. The highest BCUT2D eigenvalue weighted by molar-refractivity contribution is 5.82. The second-order valence-corrected chi connectivity index (χ2v) is 6.51. The van der Waals surface area contributed by atoms with Crippen molar-refractivity contribution in [2.75, 3.05) is 11.9 Å². The van der Waals surface area contributed by atoms with Crippen LogP contribution in [0, 0.1) is 0 Å². The van der Waals surface area contributed by atoms with Gasteiger partial charge >= 0.3 is 0 Å². The maximum atomic E-state index is 5.76. The van der Waals surface area contributed by atoms with Crippen LogP contribution in [-0.4, -0.2) is 44.1 Å². The quantitative estimate of drug-likeness (QED) is 0.852. The largest absolute Gasteiger partial charge is 0.365 e. The van der Waals surface area contributed by atoms with E-state index in [1.54, 1.807) is 12.7 Å². The molecular weight excluding hydrogens is 294 g/mol. The van der Waals surface area contributed by atoms with Crippen LogP contribution in [0.2, 0.25) is 0 Å². The Morgan fingerprint density at radius 3 is 2.96 bits per heavy atom. The van der Waals surface area contributed by atoms with Crippen LogP contribution in [0.15, 0.2) is 24.8 Å². The van der Waals surface area contributed by atoms with E-state index in [2.05, 4.69) is 26.3 Å². The van der Waals surface area contributed by atoms with Crippen LogP contribution in [0.3, 0.4) is 0 Å². The first-order chi connectivity index (χ1) is 11.1. The van der Waals surface area contributed by atoms with Crippen molar-refractivity contribution in [1.29, 1.82) is 0 Å². The minimum Gasteiger partial charge on any atom is -0.365 e. The number of ether oxygens (including phenoxy) is 2. The summed E-state index contributed by atoms with van der Waals surface area (Å²) in [6.07, 6.45) is 9.89. The summed E-state index contributed by atoms with van der Waals surface area (Å²) in [7, 11) is 0. The van der Waals surface area contributed by atoms with Gasteiger partial charge in [0.2, 0.25) is 0 Å². The molecule has 0 amide bonds. The van der Waals surface area contributed by atoms with Gasteiger partial charge in [0.15, 0.2) is 17.3 Å². The third-order valence-corrected chi connectivity index (χ3v) is 4.00. The zero-order valence-corrected chi connectivity index (χ0v) is 13.4. The van der Waals surface area contributed by atoms with Gasteiger partial charge in [-0.1, -0.05) is 12.2 Å². The molecule has 2 aromatic heterocycles. The van der Waals surface area contributed by atoms with Gasteiger partial charge in [-0.25, -0.2) is 15.0 Å². The number of fused-ring (bicyclic) bond motifs is 1. The van der Waals surface area contributed by atoms with Crippen molar-refractivity contribution < 1.29 is 9.47 Å². The molecule has 7 heteroatoms. The van der Waals surface area contributed by atoms with Gasteiger partial charge in [-0.05, 0) is 26.7 Å². The zero-order chi connectivity index (χ0) is 15.9. The molecule has 1 N–H and O–H groups in total. The molecule has 1 saturated heterocycles. The smallest absolute Gasteiger partial charge is 0.165 e. The minimum atomic E-state index is -0.493. The van der Waals surface area contributed by atoms with Crippen LogP contribution in [0.5, 0.6) is 0 Å². The molecule has 23 heavy (non-hydrogen) atoms. The lowest BCUT2D eigenvalue weighted by Gasteiger charge is -2.15. The average Bonchev–Trinajstić information content (AvgIpc) is 3.12. The summed E-state index contributed by atoms with van der Waals surface area (Å²) in [5.41, 5.74) is 1.67. The predicted octanol–water partition coefficient (Wildman–Crippen LogP) is 2.11. The number of nitrogens with zero attached hydrogens (tertiary/aromatic N) is 4. The van der Waals surface area contributed by atoms with E-state index < -0.39 is 5.79 Å².